The molecule has 1 aromatic heterocycles. The summed E-state index contributed by atoms with van der Waals surface area (Å²) in [5, 5.41) is 24.1. The Morgan fingerprint density at radius 2 is 2.04 bits per heavy atom. The summed E-state index contributed by atoms with van der Waals surface area (Å²) in [7, 11) is 0. The Bertz CT molecular complexity index is 916. The Labute approximate surface area is 157 Å². The van der Waals surface area contributed by atoms with Gasteiger partial charge in [0.2, 0.25) is 12.6 Å². The standard InChI is InChI=1S/C16H16N4O8/c17-13(23)14-18-5-20(19-14)15-12(22)11(21)10(28-15)4-25-16(24)7-1-2-8-9(3-7)27-6-26-8/h1-3,5,10-12,15,21-22H,4,6H2,(H2,17,23)/t10?,11-,12-,15?/m1/s1. The summed E-state index contributed by atoms with van der Waals surface area (Å²) in [6, 6.07) is 4.58. The Morgan fingerprint density at radius 1 is 1.25 bits per heavy atom. The maximum atomic E-state index is 12.2. The van der Waals surface area contributed by atoms with Crippen molar-refractivity contribution in [3.63, 3.8) is 0 Å². The third-order valence-electron chi connectivity index (χ3n) is 4.31. The molecule has 2 aliphatic rings. The molecule has 1 aromatic carbocycles. The first-order valence-electron chi connectivity index (χ1n) is 8.23. The van der Waals surface area contributed by atoms with Crippen LogP contribution in [0.3, 0.4) is 0 Å². The van der Waals surface area contributed by atoms with E-state index in [0.29, 0.717) is 11.5 Å². The van der Waals surface area contributed by atoms with Crippen molar-refractivity contribution in [3.8, 4) is 11.5 Å². The minimum absolute atomic E-state index is 0.0783. The average molecular weight is 392 g/mol. The molecular weight excluding hydrogens is 376 g/mol. The molecule has 0 saturated carbocycles. The van der Waals surface area contributed by atoms with E-state index in [1.54, 1.807) is 6.07 Å². The molecule has 1 saturated heterocycles. The van der Waals surface area contributed by atoms with Gasteiger partial charge in [-0.1, -0.05) is 0 Å². The lowest BCUT2D eigenvalue weighted by Crippen LogP contribution is -2.34. The zero-order valence-corrected chi connectivity index (χ0v) is 14.3. The van der Waals surface area contributed by atoms with Gasteiger partial charge in [-0.05, 0) is 18.2 Å². The van der Waals surface area contributed by atoms with Crippen molar-refractivity contribution >= 4 is 11.9 Å². The van der Waals surface area contributed by atoms with E-state index in [0.717, 1.165) is 11.0 Å². The highest BCUT2D eigenvalue weighted by Crippen LogP contribution is 2.33. The van der Waals surface area contributed by atoms with Gasteiger partial charge in [0.15, 0.2) is 17.7 Å². The van der Waals surface area contributed by atoms with E-state index in [1.807, 2.05) is 0 Å². The molecule has 28 heavy (non-hydrogen) atoms. The van der Waals surface area contributed by atoms with Crippen LogP contribution in [0.1, 0.15) is 27.2 Å². The second-order valence-corrected chi connectivity index (χ2v) is 6.13. The van der Waals surface area contributed by atoms with Gasteiger partial charge in [-0.25, -0.2) is 14.5 Å². The van der Waals surface area contributed by atoms with Crippen LogP contribution in [0.4, 0.5) is 0 Å². The molecule has 3 heterocycles. The van der Waals surface area contributed by atoms with E-state index >= 15 is 0 Å². The Hall–Kier alpha value is -3.22. The van der Waals surface area contributed by atoms with Gasteiger partial charge in [0.05, 0.1) is 5.56 Å². The molecule has 0 aliphatic carbocycles. The summed E-state index contributed by atoms with van der Waals surface area (Å²) < 4.78 is 22.1. The van der Waals surface area contributed by atoms with Crippen LogP contribution < -0.4 is 15.2 Å². The number of rotatable bonds is 5. The molecule has 2 aromatic rings. The van der Waals surface area contributed by atoms with Crippen LogP contribution in [0.5, 0.6) is 11.5 Å². The van der Waals surface area contributed by atoms with Crippen LogP contribution in [0, 0.1) is 0 Å². The maximum absolute atomic E-state index is 12.2. The average Bonchev–Trinajstić information content (AvgIpc) is 3.40. The van der Waals surface area contributed by atoms with Crippen LogP contribution in [0.15, 0.2) is 24.5 Å². The minimum Gasteiger partial charge on any atom is -0.459 e. The SMILES string of the molecule is NC(=O)c1ncn(C2OC(COC(=O)c3ccc4c(c3)OCO4)[C@@H](O)[C@H]2O)n1. The highest BCUT2D eigenvalue weighted by atomic mass is 16.7. The van der Waals surface area contributed by atoms with E-state index in [9.17, 15) is 19.8 Å². The number of hydrogen-bond donors (Lipinski definition) is 3. The number of nitrogens with two attached hydrogens (primary N) is 1. The molecule has 1 fully saturated rings. The number of aliphatic hydroxyl groups is 2. The van der Waals surface area contributed by atoms with Crippen LogP contribution in [0.25, 0.3) is 0 Å². The van der Waals surface area contributed by atoms with E-state index in [1.165, 1.54) is 12.1 Å². The largest absolute Gasteiger partial charge is 0.459 e. The van der Waals surface area contributed by atoms with E-state index in [4.69, 9.17) is 24.7 Å². The van der Waals surface area contributed by atoms with Gasteiger partial charge >= 0.3 is 5.97 Å². The molecule has 12 nitrogen and oxygen atoms in total. The number of fused-ring (bicyclic) bond motifs is 1. The van der Waals surface area contributed by atoms with Gasteiger partial charge in [0.1, 0.15) is 31.2 Å². The number of aromatic nitrogens is 3. The van der Waals surface area contributed by atoms with Gasteiger partial charge in [-0.2, -0.15) is 0 Å². The fourth-order valence-electron chi connectivity index (χ4n) is 2.86. The molecule has 0 radical (unpaired) electrons. The molecule has 1 amide bonds. The monoisotopic (exact) mass is 392 g/mol. The van der Waals surface area contributed by atoms with E-state index in [-0.39, 0.29) is 24.8 Å². The van der Waals surface area contributed by atoms with Crippen molar-refractivity contribution in [2.24, 2.45) is 5.73 Å². The number of ether oxygens (including phenoxy) is 4. The van der Waals surface area contributed by atoms with Crippen molar-refractivity contribution in [1.29, 1.82) is 0 Å². The number of carbonyl (C=O) groups is 2. The van der Waals surface area contributed by atoms with Crippen molar-refractivity contribution in [2.45, 2.75) is 24.5 Å². The highest BCUT2D eigenvalue weighted by molar-refractivity contribution is 5.90. The van der Waals surface area contributed by atoms with Gasteiger partial charge < -0.3 is 34.9 Å². The van der Waals surface area contributed by atoms with E-state index < -0.39 is 36.4 Å². The zero-order valence-electron chi connectivity index (χ0n) is 14.3. The zero-order chi connectivity index (χ0) is 19.8. The Balaban J connectivity index is 1.39. The number of benzene rings is 1. The molecule has 12 heteroatoms. The molecule has 2 aliphatic heterocycles. The molecule has 0 bridgehead atoms. The first-order valence-corrected chi connectivity index (χ1v) is 8.23. The quantitative estimate of drug-likeness (QED) is 0.514. The number of esters is 1. The summed E-state index contributed by atoms with van der Waals surface area (Å²) in [6.07, 6.45) is -3.72. The van der Waals surface area contributed by atoms with Crippen LogP contribution >= 0.6 is 0 Å². The van der Waals surface area contributed by atoms with Crippen LogP contribution in [-0.4, -0.2) is 68.6 Å². The normalized spacial score (nSPS) is 25.6. The second-order valence-electron chi connectivity index (χ2n) is 6.13. The van der Waals surface area contributed by atoms with E-state index in [2.05, 4.69) is 10.1 Å². The number of hydrogen-bond acceptors (Lipinski definition) is 10. The number of primary amides is 1. The summed E-state index contributed by atoms with van der Waals surface area (Å²) in [4.78, 5) is 27.0. The highest BCUT2D eigenvalue weighted by Gasteiger charge is 2.45. The summed E-state index contributed by atoms with van der Waals surface area (Å²) >= 11 is 0. The predicted octanol–water partition coefficient (Wildman–Crippen LogP) is -1.42. The van der Waals surface area contributed by atoms with Crippen molar-refractivity contribution in [3.05, 3.63) is 35.9 Å². The lowest BCUT2D eigenvalue weighted by Gasteiger charge is -2.14. The number of amides is 1. The van der Waals surface area contributed by atoms with Crippen molar-refractivity contribution in [1.82, 2.24) is 14.8 Å². The number of carbonyl (C=O) groups excluding carboxylic acids is 2. The van der Waals surface area contributed by atoms with Crippen molar-refractivity contribution < 1.29 is 38.7 Å². The van der Waals surface area contributed by atoms with Crippen LogP contribution in [0.2, 0.25) is 0 Å². The molecule has 2 unspecified atom stereocenters. The second kappa shape index (κ2) is 7.07. The van der Waals surface area contributed by atoms with Crippen LogP contribution in [-0.2, 0) is 9.47 Å². The molecule has 4 atom stereocenters. The Morgan fingerprint density at radius 3 is 2.79 bits per heavy atom. The fraction of sp³-hybridized carbons (Fsp3) is 0.375. The predicted molar refractivity (Wildman–Crippen MR) is 87.3 cm³/mol. The molecule has 4 N–H and O–H groups in total. The smallest absolute Gasteiger partial charge is 0.338 e. The topological polar surface area (TPSA) is 168 Å². The molecule has 4 rings (SSSR count). The Kier molecular flexibility index (Phi) is 4.58. The summed E-state index contributed by atoms with van der Waals surface area (Å²) in [5.74, 6) is -0.813. The number of nitrogens with zero attached hydrogens (tertiary/aromatic N) is 3. The van der Waals surface area contributed by atoms with Crippen molar-refractivity contribution in [2.75, 3.05) is 13.4 Å². The first-order chi connectivity index (χ1) is 13.4. The van der Waals surface area contributed by atoms with Gasteiger partial charge in [0, 0.05) is 0 Å². The summed E-state index contributed by atoms with van der Waals surface area (Å²) in [5.41, 5.74) is 5.31. The van der Waals surface area contributed by atoms with Gasteiger partial charge in [0.25, 0.3) is 5.91 Å². The maximum Gasteiger partial charge on any atom is 0.338 e. The fourth-order valence-corrected chi connectivity index (χ4v) is 2.86. The lowest BCUT2D eigenvalue weighted by atomic mass is 10.1. The number of aliphatic hydroxyl groups excluding tert-OH is 2. The molecule has 0 spiro atoms. The summed E-state index contributed by atoms with van der Waals surface area (Å²) in [6.45, 7) is -0.242. The van der Waals surface area contributed by atoms with Gasteiger partial charge in [-0.15, -0.1) is 5.10 Å². The molecular formula is C16H16N4O8. The first kappa shape index (κ1) is 18.2. The third kappa shape index (κ3) is 3.24. The minimum atomic E-state index is -1.38. The lowest BCUT2D eigenvalue weighted by molar-refractivity contribution is -0.0632. The molecule has 148 valence electrons. The van der Waals surface area contributed by atoms with Gasteiger partial charge in [-0.3, -0.25) is 4.79 Å². The third-order valence-corrected chi connectivity index (χ3v) is 4.31.